The molecule has 0 saturated carbocycles. The molecule has 2 N–H and O–H groups in total. The predicted octanol–water partition coefficient (Wildman–Crippen LogP) is 3.74. The van der Waals surface area contributed by atoms with Gasteiger partial charge in [-0.25, -0.2) is 0 Å². The minimum Gasteiger partial charge on any atom is -1.00 e. The molecule has 0 spiro atoms. The van der Waals surface area contributed by atoms with E-state index in [-0.39, 0.29) is 43.4 Å². The Morgan fingerprint density at radius 3 is 1.00 bits per heavy atom. The van der Waals surface area contributed by atoms with Gasteiger partial charge in [0.05, 0.1) is 0 Å². The van der Waals surface area contributed by atoms with Crippen LogP contribution in [0.25, 0.3) is 0 Å². The predicted molar refractivity (Wildman–Crippen MR) is 97.0 cm³/mol. The van der Waals surface area contributed by atoms with E-state index in [0.29, 0.717) is 0 Å². The van der Waals surface area contributed by atoms with Crippen LogP contribution in [-0.4, -0.2) is 6.54 Å². The van der Waals surface area contributed by atoms with Crippen LogP contribution >= 0.6 is 12.4 Å². The van der Waals surface area contributed by atoms with Gasteiger partial charge in [-0.05, 0) is 13.0 Å². The van der Waals surface area contributed by atoms with E-state index in [2.05, 4.69) is 6.92 Å². The van der Waals surface area contributed by atoms with E-state index in [4.69, 9.17) is 5.73 Å². The second-order valence-corrected chi connectivity index (χ2v) is 6.09. The van der Waals surface area contributed by atoms with Gasteiger partial charge < -0.3 is 7.16 Å². The van der Waals surface area contributed by atoms with Gasteiger partial charge >= 0.3 is 29.6 Å². The summed E-state index contributed by atoms with van der Waals surface area (Å²) in [5.41, 5.74) is 5.48. The summed E-state index contributed by atoms with van der Waals surface area (Å²) >= 11 is 0. The maximum atomic E-state index is 5.48. The van der Waals surface area contributed by atoms with E-state index in [1.807, 2.05) is 0 Å². The number of rotatable bonds is 16. The summed E-state index contributed by atoms with van der Waals surface area (Å²) < 4.78 is 0. The van der Waals surface area contributed by atoms with Gasteiger partial charge in [0.15, 0.2) is 0 Å². The Hall–Kier alpha value is 1.25. The van der Waals surface area contributed by atoms with Crippen molar-refractivity contribution in [2.75, 3.05) is 6.54 Å². The Kier molecular flexibility index (Phi) is 33.8. The van der Waals surface area contributed by atoms with Gasteiger partial charge in [0.25, 0.3) is 0 Å². The normalized spacial score (nSPS) is 10.0. The van der Waals surface area contributed by atoms with Crippen molar-refractivity contribution in [3.63, 3.8) is 0 Å². The van der Waals surface area contributed by atoms with Gasteiger partial charge in [-0.15, -0.1) is 12.4 Å². The van der Waals surface area contributed by atoms with Crippen LogP contribution in [0.2, 0.25) is 0 Å². The average molecular weight is 330 g/mol. The fraction of sp³-hybridized carbons (Fsp3) is 1.00. The molecule has 3 heteroatoms. The molecule has 0 radical (unpaired) electrons. The second kappa shape index (κ2) is 26.2. The van der Waals surface area contributed by atoms with Gasteiger partial charge in [-0.2, -0.15) is 0 Å². The van der Waals surface area contributed by atoms with Crippen molar-refractivity contribution >= 4 is 12.4 Å². The standard InChI is InChI=1S/C18H39N.ClH.Na.H/c1-2-3-4-5-6-7-8-9-10-11-12-13-14-15-16-17-18-19;;;/h2-19H2,1H3;1H;;/q;;+1;-1. The maximum absolute atomic E-state index is 5.48. The average Bonchev–Trinajstić information content (AvgIpc) is 2.43. The number of unbranched alkanes of at least 4 members (excludes halogenated alkanes) is 15. The molecule has 0 aromatic heterocycles. The first-order valence-electron chi connectivity index (χ1n) is 9.12. The number of hydrogen-bond donors (Lipinski definition) is 1. The zero-order valence-electron chi connectivity index (χ0n) is 16.0. The third kappa shape index (κ3) is 26.5. The van der Waals surface area contributed by atoms with Crippen LogP contribution in [0.15, 0.2) is 0 Å². The van der Waals surface area contributed by atoms with Crippen LogP contribution in [0.5, 0.6) is 0 Å². The van der Waals surface area contributed by atoms with Crippen LogP contribution in [0.4, 0.5) is 0 Å². The molecule has 0 aliphatic rings. The Morgan fingerprint density at radius 2 is 0.762 bits per heavy atom. The first-order chi connectivity index (χ1) is 9.41. The smallest absolute Gasteiger partial charge is 1.00 e. The molecule has 0 heterocycles. The molecular weight excluding hydrogens is 289 g/mol. The zero-order chi connectivity index (χ0) is 14.0. The van der Waals surface area contributed by atoms with E-state index >= 15 is 0 Å². The molecule has 0 rings (SSSR count). The van der Waals surface area contributed by atoms with Gasteiger partial charge in [-0.3, -0.25) is 0 Å². The molecule has 21 heavy (non-hydrogen) atoms. The number of halogens is 1. The Morgan fingerprint density at radius 1 is 0.524 bits per heavy atom. The van der Waals surface area contributed by atoms with Crippen LogP contribution < -0.4 is 35.3 Å². The molecule has 0 amide bonds. The summed E-state index contributed by atoms with van der Waals surface area (Å²) in [5.74, 6) is 0. The first kappa shape index (κ1) is 27.1. The molecule has 0 aromatic carbocycles. The Balaban J connectivity index is -0.000000540. The summed E-state index contributed by atoms with van der Waals surface area (Å²) in [6.07, 6.45) is 22.9. The summed E-state index contributed by atoms with van der Waals surface area (Å²) in [7, 11) is 0. The van der Waals surface area contributed by atoms with Crippen LogP contribution in [0.1, 0.15) is 111 Å². The van der Waals surface area contributed by atoms with Crippen molar-refractivity contribution in [1.82, 2.24) is 0 Å². The van der Waals surface area contributed by atoms with E-state index in [1.165, 1.54) is 103 Å². The van der Waals surface area contributed by atoms with E-state index in [0.717, 1.165) is 6.54 Å². The quantitative estimate of drug-likeness (QED) is 0.339. The molecule has 1 nitrogen and oxygen atoms in total. The fourth-order valence-electron chi connectivity index (χ4n) is 2.69. The van der Waals surface area contributed by atoms with E-state index < -0.39 is 0 Å². The van der Waals surface area contributed by atoms with Crippen molar-refractivity contribution in [2.24, 2.45) is 5.73 Å². The maximum Gasteiger partial charge on any atom is 1.00 e. The Labute approximate surface area is 164 Å². The second-order valence-electron chi connectivity index (χ2n) is 6.09. The molecule has 0 aliphatic heterocycles. The fourth-order valence-corrected chi connectivity index (χ4v) is 2.69. The molecule has 0 saturated heterocycles. The molecule has 0 aromatic rings. The largest absolute Gasteiger partial charge is 1.00 e. The molecular formula is C18H41ClNNa. The van der Waals surface area contributed by atoms with Crippen molar-refractivity contribution in [1.29, 1.82) is 0 Å². The monoisotopic (exact) mass is 329 g/mol. The minimum absolute atomic E-state index is 0. The molecule has 0 unspecified atom stereocenters. The van der Waals surface area contributed by atoms with Gasteiger partial charge in [-0.1, -0.05) is 103 Å². The van der Waals surface area contributed by atoms with E-state index in [1.54, 1.807) is 0 Å². The minimum atomic E-state index is 0. The number of hydrogen-bond acceptors (Lipinski definition) is 1. The molecule has 0 bridgehead atoms. The Bertz CT molecular complexity index is 146. The molecule has 0 aliphatic carbocycles. The third-order valence-electron chi connectivity index (χ3n) is 4.06. The summed E-state index contributed by atoms with van der Waals surface area (Å²) in [4.78, 5) is 0. The number of nitrogens with two attached hydrogens (primary N) is 1. The molecule has 0 fully saturated rings. The van der Waals surface area contributed by atoms with Crippen LogP contribution in [0.3, 0.4) is 0 Å². The van der Waals surface area contributed by atoms with Crippen LogP contribution in [-0.2, 0) is 0 Å². The summed E-state index contributed by atoms with van der Waals surface area (Å²) in [6, 6.07) is 0. The van der Waals surface area contributed by atoms with Crippen LogP contribution in [0, 0.1) is 0 Å². The van der Waals surface area contributed by atoms with Crippen molar-refractivity contribution < 1.29 is 31.0 Å². The third-order valence-corrected chi connectivity index (χ3v) is 4.06. The van der Waals surface area contributed by atoms with Crippen molar-refractivity contribution in [3.8, 4) is 0 Å². The first-order valence-corrected chi connectivity index (χ1v) is 9.12. The van der Waals surface area contributed by atoms with Crippen molar-refractivity contribution in [2.45, 2.75) is 110 Å². The topological polar surface area (TPSA) is 26.0 Å². The molecule has 0 atom stereocenters. The van der Waals surface area contributed by atoms with Gasteiger partial charge in [0.2, 0.25) is 0 Å². The van der Waals surface area contributed by atoms with Gasteiger partial charge in [0.1, 0.15) is 0 Å². The van der Waals surface area contributed by atoms with Crippen molar-refractivity contribution in [3.05, 3.63) is 0 Å². The molecule has 126 valence electrons. The summed E-state index contributed by atoms with van der Waals surface area (Å²) in [6.45, 7) is 3.16. The zero-order valence-corrected chi connectivity index (χ0v) is 17.8. The SMILES string of the molecule is CCCCCCCCCCCCCCCCCCN.Cl.[H-].[Na+]. The summed E-state index contributed by atoms with van der Waals surface area (Å²) in [5, 5.41) is 0. The van der Waals surface area contributed by atoms with E-state index in [9.17, 15) is 0 Å². The van der Waals surface area contributed by atoms with Gasteiger partial charge in [0, 0.05) is 0 Å².